The molecule has 4 aromatic rings. The molecular formula is C18H16N8O. The Hall–Kier alpha value is -3.88. The van der Waals surface area contributed by atoms with Gasteiger partial charge in [0.2, 0.25) is 5.82 Å². The zero-order valence-electron chi connectivity index (χ0n) is 14.5. The van der Waals surface area contributed by atoms with Gasteiger partial charge in [-0.25, -0.2) is 9.50 Å². The van der Waals surface area contributed by atoms with E-state index in [0.717, 1.165) is 5.56 Å². The van der Waals surface area contributed by atoms with Crippen LogP contribution in [0.15, 0.2) is 48.5 Å². The van der Waals surface area contributed by atoms with E-state index in [1.54, 1.807) is 18.2 Å². The third kappa shape index (κ3) is 3.17. The molecule has 0 saturated heterocycles. The van der Waals surface area contributed by atoms with Crippen molar-refractivity contribution in [2.75, 3.05) is 5.32 Å². The molecule has 0 radical (unpaired) electrons. The molecule has 1 aromatic carbocycles. The molecule has 3 aromatic heterocycles. The number of nitrogens with zero attached hydrogens (tertiary/aromatic N) is 6. The van der Waals surface area contributed by atoms with Gasteiger partial charge < -0.3 is 11.1 Å². The summed E-state index contributed by atoms with van der Waals surface area (Å²) in [5, 5.41) is 19.7. The molecule has 3 N–H and O–H groups in total. The lowest BCUT2D eigenvalue weighted by Crippen LogP contribution is -2.15. The van der Waals surface area contributed by atoms with Gasteiger partial charge >= 0.3 is 0 Å². The Kier molecular flexibility index (Phi) is 4.17. The van der Waals surface area contributed by atoms with Crippen molar-refractivity contribution >= 4 is 17.2 Å². The van der Waals surface area contributed by atoms with Crippen molar-refractivity contribution in [2.24, 2.45) is 5.73 Å². The van der Waals surface area contributed by atoms with Crippen LogP contribution in [0.3, 0.4) is 0 Å². The number of hydrogen-bond donors (Lipinski definition) is 2. The van der Waals surface area contributed by atoms with E-state index in [4.69, 9.17) is 5.73 Å². The molecule has 0 atom stereocenters. The van der Waals surface area contributed by atoms with Crippen molar-refractivity contribution < 1.29 is 4.79 Å². The average molecular weight is 360 g/mol. The second kappa shape index (κ2) is 6.79. The number of nitrogens with two attached hydrogens (primary N) is 1. The van der Waals surface area contributed by atoms with Crippen LogP contribution in [0.5, 0.6) is 0 Å². The van der Waals surface area contributed by atoms with Gasteiger partial charge in [-0.2, -0.15) is 0 Å². The quantitative estimate of drug-likeness (QED) is 0.554. The molecular weight excluding hydrogens is 344 g/mol. The van der Waals surface area contributed by atoms with Crippen molar-refractivity contribution in [3.8, 4) is 11.5 Å². The molecule has 0 aliphatic heterocycles. The van der Waals surface area contributed by atoms with Gasteiger partial charge in [0.15, 0.2) is 11.5 Å². The van der Waals surface area contributed by atoms with E-state index >= 15 is 0 Å². The monoisotopic (exact) mass is 360 g/mol. The number of primary amides is 1. The van der Waals surface area contributed by atoms with Crippen LogP contribution < -0.4 is 11.1 Å². The van der Waals surface area contributed by atoms with E-state index in [1.807, 2.05) is 37.3 Å². The van der Waals surface area contributed by atoms with Crippen LogP contribution in [0.2, 0.25) is 0 Å². The zero-order chi connectivity index (χ0) is 18.8. The summed E-state index contributed by atoms with van der Waals surface area (Å²) in [4.78, 5) is 16.1. The van der Waals surface area contributed by atoms with Gasteiger partial charge in [0.1, 0.15) is 11.4 Å². The topological polar surface area (TPSA) is 124 Å². The molecule has 1 amide bonds. The predicted molar refractivity (Wildman–Crippen MR) is 98.8 cm³/mol. The van der Waals surface area contributed by atoms with E-state index in [9.17, 15) is 4.79 Å². The van der Waals surface area contributed by atoms with Crippen molar-refractivity contribution in [2.45, 2.75) is 13.5 Å². The number of amides is 1. The highest BCUT2D eigenvalue weighted by atomic mass is 16.1. The molecule has 0 fully saturated rings. The predicted octanol–water partition coefficient (Wildman–Crippen LogP) is 1.60. The summed E-state index contributed by atoms with van der Waals surface area (Å²) in [5.41, 5.74) is 8.41. The molecule has 9 heteroatoms. The van der Waals surface area contributed by atoms with E-state index in [1.165, 1.54) is 4.52 Å². The summed E-state index contributed by atoms with van der Waals surface area (Å²) in [6.45, 7) is 2.43. The van der Waals surface area contributed by atoms with Gasteiger partial charge in [0.05, 0.1) is 5.52 Å². The molecule has 4 rings (SSSR count). The Balaban J connectivity index is 1.70. The van der Waals surface area contributed by atoms with Gasteiger partial charge in [0, 0.05) is 6.54 Å². The van der Waals surface area contributed by atoms with E-state index in [0.29, 0.717) is 35.1 Å². The van der Waals surface area contributed by atoms with Crippen LogP contribution >= 0.6 is 0 Å². The molecule has 3 heterocycles. The summed E-state index contributed by atoms with van der Waals surface area (Å²) in [5.74, 6) is 0.328. The number of carbonyl (C=O) groups excluding carboxylic acids is 1. The number of anilines is 1. The largest absolute Gasteiger partial charge is 0.364 e. The molecule has 9 nitrogen and oxygen atoms in total. The molecule has 27 heavy (non-hydrogen) atoms. The first-order valence-electron chi connectivity index (χ1n) is 8.27. The third-order valence-corrected chi connectivity index (χ3v) is 4.06. The fourth-order valence-electron chi connectivity index (χ4n) is 2.69. The van der Waals surface area contributed by atoms with E-state index in [-0.39, 0.29) is 5.69 Å². The number of benzene rings is 1. The fraction of sp³-hybridized carbons (Fsp3) is 0.111. The van der Waals surface area contributed by atoms with Crippen LogP contribution in [0, 0.1) is 6.92 Å². The summed E-state index contributed by atoms with van der Waals surface area (Å²) < 4.78 is 1.37. The summed E-state index contributed by atoms with van der Waals surface area (Å²) >= 11 is 0. The minimum absolute atomic E-state index is 0.230. The highest BCUT2D eigenvalue weighted by molar-refractivity contribution is 5.92. The Morgan fingerprint density at radius 2 is 1.89 bits per heavy atom. The van der Waals surface area contributed by atoms with Gasteiger partial charge in [-0.3, -0.25) is 4.79 Å². The maximum absolute atomic E-state index is 11.6. The van der Waals surface area contributed by atoms with Crippen LogP contribution in [-0.4, -0.2) is 35.9 Å². The second-order valence-corrected chi connectivity index (χ2v) is 5.92. The Morgan fingerprint density at radius 1 is 1.07 bits per heavy atom. The number of carbonyl (C=O) groups is 1. The smallest absolute Gasteiger partial charge is 0.267 e. The first-order valence-corrected chi connectivity index (χ1v) is 8.27. The number of rotatable bonds is 5. The van der Waals surface area contributed by atoms with Gasteiger partial charge in [-0.15, -0.1) is 15.3 Å². The number of nitrogens with one attached hydrogen (secondary N) is 1. The number of aromatic nitrogens is 6. The van der Waals surface area contributed by atoms with Crippen LogP contribution in [-0.2, 0) is 6.54 Å². The lowest BCUT2D eigenvalue weighted by Gasteiger charge is -2.08. The average Bonchev–Trinajstić information content (AvgIpc) is 3.12. The Morgan fingerprint density at radius 3 is 2.67 bits per heavy atom. The lowest BCUT2D eigenvalue weighted by atomic mass is 10.2. The minimum atomic E-state index is -0.592. The van der Waals surface area contributed by atoms with Gasteiger partial charge in [-0.1, -0.05) is 41.6 Å². The number of pyridine rings is 1. The van der Waals surface area contributed by atoms with Crippen molar-refractivity contribution in [3.63, 3.8) is 0 Å². The van der Waals surface area contributed by atoms with Crippen molar-refractivity contribution in [3.05, 3.63) is 65.5 Å². The van der Waals surface area contributed by atoms with Crippen molar-refractivity contribution in [1.82, 2.24) is 30.0 Å². The molecule has 134 valence electrons. The molecule has 0 spiro atoms. The molecule has 0 aliphatic carbocycles. The second-order valence-electron chi connectivity index (χ2n) is 5.92. The SMILES string of the molecule is Cc1nnc(-c2nnn3c(C(N)=O)cccc23)nc1NCc1ccccc1. The molecule has 0 aliphatic rings. The third-order valence-electron chi connectivity index (χ3n) is 4.06. The Bertz CT molecular complexity index is 1120. The fourth-order valence-corrected chi connectivity index (χ4v) is 2.69. The summed E-state index contributed by atoms with van der Waals surface area (Å²) in [6.07, 6.45) is 0. The zero-order valence-corrected chi connectivity index (χ0v) is 14.5. The standard InChI is InChI=1S/C18H16N8O/c1-11-17(20-10-12-6-3-2-4-7-12)21-18(24-22-11)15-13-8-5-9-14(16(19)27)26(13)25-23-15/h2-9H,10H2,1H3,(H2,19,27)(H,20,21,24). The van der Waals surface area contributed by atoms with Crippen LogP contribution in [0.1, 0.15) is 21.7 Å². The highest BCUT2D eigenvalue weighted by Crippen LogP contribution is 2.21. The number of fused-ring (bicyclic) bond motifs is 1. The van der Waals surface area contributed by atoms with E-state index in [2.05, 4.69) is 30.8 Å². The number of aryl methyl sites for hydroxylation is 1. The van der Waals surface area contributed by atoms with Crippen LogP contribution in [0.4, 0.5) is 5.82 Å². The molecule has 0 bridgehead atoms. The first kappa shape index (κ1) is 16.6. The minimum Gasteiger partial charge on any atom is -0.364 e. The molecule has 0 unspecified atom stereocenters. The maximum atomic E-state index is 11.6. The van der Waals surface area contributed by atoms with E-state index < -0.39 is 5.91 Å². The lowest BCUT2D eigenvalue weighted by molar-refractivity contribution is 0.0993. The van der Waals surface area contributed by atoms with Gasteiger partial charge in [-0.05, 0) is 24.6 Å². The normalized spacial score (nSPS) is 10.9. The highest BCUT2D eigenvalue weighted by Gasteiger charge is 2.17. The number of hydrogen-bond acceptors (Lipinski definition) is 7. The first-order chi connectivity index (χ1) is 13.1. The van der Waals surface area contributed by atoms with Crippen LogP contribution in [0.25, 0.3) is 17.0 Å². The molecule has 0 saturated carbocycles. The van der Waals surface area contributed by atoms with Gasteiger partial charge in [0.25, 0.3) is 5.91 Å². The summed E-state index contributed by atoms with van der Waals surface area (Å²) in [7, 11) is 0. The Labute approximate surface area is 154 Å². The maximum Gasteiger partial charge on any atom is 0.267 e. The summed E-state index contributed by atoms with van der Waals surface area (Å²) in [6, 6.07) is 15.0. The van der Waals surface area contributed by atoms with Crippen molar-refractivity contribution in [1.29, 1.82) is 0 Å².